The van der Waals surface area contributed by atoms with E-state index in [1.54, 1.807) is 36.6 Å². The number of aromatic nitrogens is 3. The van der Waals surface area contributed by atoms with E-state index < -0.39 is 0 Å². The van der Waals surface area contributed by atoms with Gasteiger partial charge in [0, 0.05) is 17.7 Å². The van der Waals surface area contributed by atoms with Crippen molar-refractivity contribution in [3.63, 3.8) is 0 Å². The second-order valence-electron chi connectivity index (χ2n) is 4.94. The highest BCUT2D eigenvalue weighted by molar-refractivity contribution is 6.30. The number of hydrogen-bond donors (Lipinski definition) is 1. The van der Waals surface area contributed by atoms with Crippen LogP contribution in [0.15, 0.2) is 47.1 Å². The summed E-state index contributed by atoms with van der Waals surface area (Å²) in [6, 6.07) is 10.7. The second kappa shape index (κ2) is 7.29. The molecule has 124 valence electrons. The zero-order valence-electron chi connectivity index (χ0n) is 12.9. The SMILES string of the molecule is COCC(=O)n1nc(-c2ccc(Cl)cc2)nc1NCc1ccco1. The van der Waals surface area contributed by atoms with Crippen molar-refractivity contribution in [2.24, 2.45) is 0 Å². The fourth-order valence-electron chi connectivity index (χ4n) is 2.09. The van der Waals surface area contributed by atoms with E-state index in [2.05, 4.69) is 15.4 Å². The molecule has 0 amide bonds. The summed E-state index contributed by atoms with van der Waals surface area (Å²) >= 11 is 5.89. The maximum Gasteiger partial charge on any atom is 0.276 e. The van der Waals surface area contributed by atoms with Crippen molar-refractivity contribution in [2.45, 2.75) is 6.54 Å². The highest BCUT2D eigenvalue weighted by Crippen LogP contribution is 2.20. The molecule has 0 bridgehead atoms. The topological polar surface area (TPSA) is 82.2 Å². The molecule has 1 aromatic carbocycles. The van der Waals surface area contributed by atoms with Crippen LogP contribution in [-0.2, 0) is 11.3 Å². The molecular weight excluding hydrogens is 332 g/mol. The zero-order chi connectivity index (χ0) is 16.9. The summed E-state index contributed by atoms with van der Waals surface area (Å²) < 4.78 is 11.3. The van der Waals surface area contributed by atoms with Crippen molar-refractivity contribution in [2.75, 3.05) is 19.0 Å². The highest BCUT2D eigenvalue weighted by atomic mass is 35.5. The van der Waals surface area contributed by atoms with Gasteiger partial charge in [-0.05, 0) is 36.4 Å². The summed E-state index contributed by atoms with van der Waals surface area (Å²) in [6.45, 7) is 0.283. The van der Waals surface area contributed by atoms with Crippen LogP contribution in [0.1, 0.15) is 10.6 Å². The number of benzene rings is 1. The fourth-order valence-corrected chi connectivity index (χ4v) is 2.21. The number of methoxy groups -OCH3 is 1. The molecule has 2 aromatic heterocycles. The second-order valence-corrected chi connectivity index (χ2v) is 5.37. The van der Waals surface area contributed by atoms with Crippen molar-refractivity contribution in [1.29, 1.82) is 0 Å². The van der Waals surface area contributed by atoms with Crippen LogP contribution in [-0.4, -0.2) is 34.4 Å². The van der Waals surface area contributed by atoms with E-state index in [1.165, 1.54) is 11.8 Å². The van der Waals surface area contributed by atoms with Crippen LogP contribution in [0.3, 0.4) is 0 Å². The Bertz CT molecular complexity index is 812. The van der Waals surface area contributed by atoms with E-state index in [0.29, 0.717) is 23.3 Å². The molecule has 0 aliphatic heterocycles. The molecule has 0 atom stereocenters. The molecule has 0 aliphatic carbocycles. The number of nitrogens with zero attached hydrogens (tertiary/aromatic N) is 3. The van der Waals surface area contributed by atoms with Crippen LogP contribution in [0.5, 0.6) is 0 Å². The van der Waals surface area contributed by atoms with Gasteiger partial charge in [-0.1, -0.05) is 11.6 Å². The molecule has 0 saturated carbocycles. The van der Waals surface area contributed by atoms with Crippen molar-refractivity contribution >= 4 is 23.5 Å². The number of furan rings is 1. The lowest BCUT2D eigenvalue weighted by Gasteiger charge is -2.05. The van der Waals surface area contributed by atoms with E-state index in [4.69, 9.17) is 20.8 Å². The average molecular weight is 347 g/mol. The number of hydrogen-bond acceptors (Lipinski definition) is 6. The number of anilines is 1. The highest BCUT2D eigenvalue weighted by Gasteiger charge is 2.17. The molecule has 7 nitrogen and oxygen atoms in total. The van der Waals surface area contributed by atoms with E-state index in [1.807, 2.05) is 6.07 Å². The minimum absolute atomic E-state index is 0.0984. The molecule has 2 heterocycles. The predicted molar refractivity (Wildman–Crippen MR) is 89.0 cm³/mol. The molecular formula is C16H15ClN4O3. The van der Waals surface area contributed by atoms with Crippen LogP contribution in [0.25, 0.3) is 11.4 Å². The van der Waals surface area contributed by atoms with Crippen molar-refractivity contribution in [3.05, 3.63) is 53.4 Å². The van der Waals surface area contributed by atoms with E-state index in [-0.39, 0.29) is 12.5 Å². The third-order valence-corrected chi connectivity index (χ3v) is 3.47. The maximum atomic E-state index is 12.2. The monoisotopic (exact) mass is 346 g/mol. The molecule has 1 N–H and O–H groups in total. The number of rotatable bonds is 6. The largest absolute Gasteiger partial charge is 0.467 e. The number of halogens is 1. The standard InChI is InChI=1S/C16H15ClN4O3/c1-23-10-14(22)21-16(18-9-13-3-2-8-24-13)19-15(20-21)11-4-6-12(17)7-5-11/h2-8H,9-10H2,1H3,(H,18,19,20). The quantitative estimate of drug-likeness (QED) is 0.738. The molecule has 0 unspecified atom stereocenters. The van der Waals surface area contributed by atoms with E-state index >= 15 is 0 Å². The first kappa shape index (κ1) is 16.2. The zero-order valence-corrected chi connectivity index (χ0v) is 13.7. The number of carbonyl (C=O) groups excluding carboxylic acids is 1. The summed E-state index contributed by atoms with van der Waals surface area (Å²) in [4.78, 5) is 16.6. The Morgan fingerprint density at radius 3 is 2.79 bits per heavy atom. The molecule has 3 rings (SSSR count). The third-order valence-electron chi connectivity index (χ3n) is 3.21. The average Bonchev–Trinajstić information content (AvgIpc) is 3.23. The summed E-state index contributed by atoms with van der Waals surface area (Å²) in [6.07, 6.45) is 1.58. The van der Waals surface area contributed by atoms with Crippen LogP contribution in [0, 0.1) is 0 Å². The van der Waals surface area contributed by atoms with Gasteiger partial charge in [-0.15, -0.1) is 5.10 Å². The van der Waals surface area contributed by atoms with Gasteiger partial charge in [0.1, 0.15) is 12.4 Å². The Kier molecular flexibility index (Phi) is 4.93. The molecule has 0 spiro atoms. The first-order valence-corrected chi connectivity index (χ1v) is 7.56. The fraction of sp³-hybridized carbons (Fsp3) is 0.188. The summed E-state index contributed by atoms with van der Waals surface area (Å²) in [7, 11) is 1.45. The van der Waals surface area contributed by atoms with Crippen LogP contribution in [0.2, 0.25) is 5.02 Å². The molecule has 0 fully saturated rings. The van der Waals surface area contributed by atoms with Gasteiger partial charge < -0.3 is 14.5 Å². The molecule has 0 radical (unpaired) electrons. The van der Waals surface area contributed by atoms with Crippen LogP contribution < -0.4 is 5.32 Å². The maximum absolute atomic E-state index is 12.2. The Balaban J connectivity index is 1.89. The van der Waals surface area contributed by atoms with Gasteiger partial charge in [0.05, 0.1) is 12.8 Å². The predicted octanol–water partition coefficient (Wildman–Crippen LogP) is 3.09. The minimum Gasteiger partial charge on any atom is -0.467 e. The van der Waals surface area contributed by atoms with Gasteiger partial charge in [-0.2, -0.15) is 9.67 Å². The summed E-state index contributed by atoms with van der Waals surface area (Å²) in [5, 5.41) is 7.93. The molecule has 8 heteroatoms. The first-order valence-electron chi connectivity index (χ1n) is 7.19. The van der Waals surface area contributed by atoms with E-state index in [9.17, 15) is 4.79 Å². The Hall–Kier alpha value is -2.64. The smallest absolute Gasteiger partial charge is 0.276 e. The van der Waals surface area contributed by atoms with Crippen molar-refractivity contribution in [3.8, 4) is 11.4 Å². The van der Waals surface area contributed by atoms with Gasteiger partial charge in [-0.3, -0.25) is 4.79 Å². The lowest BCUT2D eigenvalue weighted by atomic mass is 10.2. The van der Waals surface area contributed by atoms with Crippen LogP contribution in [0.4, 0.5) is 5.95 Å². The van der Waals surface area contributed by atoms with Gasteiger partial charge in [-0.25, -0.2) is 0 Å². The summed E-state index contributed by atoms with van der Waals surface area (Å²) in [5.74, 6) is 1.13. The number of nitrogens with one attached hydrogen (secondary N) is 1. The third kappa shape index (κ3) is 3.64. The lowest BCUT2D eigenvalue weighted by Crippen LogP contribution is -2.20. The molecule has 3 aromatic rings. The Morgan fingerprint density at radius 1 is 1.33 bits per heavy atom. The normalized spacial score (nSPS) is 10.8. The summed E-state index contributed by atoms with van der Waals surface area (Å²) in [5.41, 5.74) is 0.754. The van der Waals surface area contributed by atoms with Crippen LogP contribution >= 0.6 is 11.6 Å². The van der Waals surface area contributed by atoms with Gasteiger partial charge >= 0.3 is 0 Å². The Morgan fingerprint density at radius 2 is 2.12 bits per heavy atom. The minimum atomic E-state index is -0.327. The molecule has 0 aliphatic rings. The molecule has 0 saturated heterocycles. The van der Waals surface area contributed by atoms with Crippen molar-refractivity contribution < 1.29 is 13.9 Å². The van der Waals surface area contributed by atoms with Gasteiger partial charge in [0.25, 0.3) is 5.91 Å². The van der Waals surface area contributed by atoms with Crippen molar-refractivity contribution in [1.82, 2.24) is 14.8 Å². The first-order chi connectivity index (χ1) is 11.7. The van der Waals surface area contributed by atoms with Gasteiger partial charge in [0.2, 0.25) is 5.95 Å². The lowest BCUT2D eigenvalue weighted by molar-refractivity contribution is 0.0748. The number of carbonyl (C=O) groups is 1. The number of ether oxygens (including phenoxy) is 1. The van der Waals surface area contributed by atoms with E-state index in [0.717, 1.165) is 11.3 Å². The Labute approximate surface area is 143 Å². The van der Waals surface area contributed by atoms with Gasteiger partial charge in [0.15, 0.2) is 5.82 Å². The molecule has 24 heavy (non-hydrogen) atoms.